The van der Waals surface area contributed by atoms with Crippen LogP contribution in [0.25, 0.3) is 5.82 Å². The van der Waals surface area contributed by atoms with Crippen LogP contribution < -0.4 is 5.73 Å². The fourth-order valence-corrected chi connectivity index (χ4v) is 2.33. The van der Waals surface area contributed by atoms with Gasteiger partial charge in [-0.2, -0.15) is 9.78 Å². The predicted octanol–water partition coefficient (Wildman–Crippen LogP) is 1.36. The summed E-state index contributed by atoms with van der Waals surface area (Å²) in [4.78, 5) is 19.3. The minimum Gasteiger partial charge on any atom is -0.477 e. The molecule has 0 unspecified atom stereocenters. The van der Waals surface area contributed by atoms with Gasteiger partial charge in [0.05, 0.1) is 0 Å². The third-order valence-electron chi connectivity index (χ3n) is 2.39. The molecule has 0 atom stereocenters. The molecule has 2 rings (SSSR count). The number of thioether (sulfide) groups is 1. The summed E-state index contributed by atoms with van der Waals surface area (Å²) in [5.74, 6) is 0.141. The van der Waals surface area contributed by atoms with Crippen LogP contribution in [-0.2, 0) is 0 Å². The van der Waals surface area contributed by atoms with Gasteiger partial charge in [-0.25, -0.2) is 14.8 Å². The molecule has 0 saturated heterocycles. The summed E-state index contributed by atoms with van der Waals surface area (Å²) in [7, 11) is 0. The van der Waals surface area contributed by atoms with E-state index in [9.17, 15) is 9.90 Å². The third kappa shape index (κ3) is 2.53. The number of rotatable bonds is 4. The molecule has 0 aromatic carbocycles. The van der Waals surface area contributed by atoms with Gasteiger partial charge in [0.25, 0.3) is 0 Å². The molecule has 0 amide bonds. The van der Waals surface area contributed by atoms with Crippen LogP contribution in [0.1, 0.15) is 23.0 Å². The van der Waals surface area contributed by atoms with Gasteiger partial charge in [-0.15, -0.1) is 11.8 Å². The van der Waals surface area contributed by atoms with Crippen LogP contribution in [-0.4, -0.2) is 36.6 Å². The van der Waals surface area contributed by atoms with E-state index in [1.807, 2.05) is 13.8 Å². The Bertz CT molecular complexity index is 626. The van der Waals surface area contributed by atoms with Gasteiger partial charge >= 0.3 is 5.97 Å². The number of carbonyl (C=O) groups is 1. The molecule has 100 valence electrons. The summed E-state index contributed by atoms with van der Waals surface area (Å²) in [6.45, 7) is 3.73. The summed E-state index contributed by atoms with van der Waals surface area (Å²) < 4.78 is 1.33. The molecule has 0 aliphatic rings. The zero-order valence-electron chi connectivity index (χ0n) is 10.5. The third-order valence-corrected chi connectivity index (χ3v) is 3.24. The molecule has 0 saturated carbocycles. The molecule has 0 aliphatic heterocycles. The fourth-order valence-electron chi connectivity index (χ4n) is 1.58. The Balaban J connectivity index is 2.59. The number of nitrogens with two attached hydrogens (primary N) is 1. The number of hydrogen-bond donors (Lipinski definition) is 2. The van der Waals surface area contributed by atoms with Crippen LogP contribution in [0.3, 0.4) is 0 Å². The average Bonchev–Trinajstić information content (AvgIpc) is 2.67. The number of carboxylic acids is 1. The molecule has 8 heteroatoms. The first-order valence-electron chi connectivity index (χ1n) is 5.58. The molecular formula is C11H13N5O2S. The van der Waals surface area contributed by atoms with Gasteiger partial charge in [0.1, 0.15) is 22.7 Å². The highest BCUT2D eigenvalue weighted by molar-refractivity contribution is 7.99. The topological polar surface area (TPSA) is 107 Å². The van der Waals surface area contributed by atoms with Crippen molar-refractivity contribution < 1.29 is 9.90 Å². The maximum Gasteiger partial charge on any atom is 0.342 e. The van der Waals surface area contributed by atoms with Crippen LogP contribution in [0.5, 0.6) is 0 Å². The zero-order chi connectivity index (χ0) is 14.0. The molecule has 7 nitrogen and oxygen atoms in total. The number of aryl methyl sites for hydroxylation is 1. The maximum atomic E-state index is 11.2. The Kier molecular flexibility index (Phi) is 3.70. The minimum atomic E-state index is -1.09. The maximum absolute atomic E-state index is 11.2. The van der Waals surface area contributed by atoms with Gasteiger partial charge < -0.3 is 10.8 Å². The highest BCUT2D eigenvalue weighted by Gasteiger charge is 2.22. The van der Waals surface area contributed by atoms with Gasteiger partial charge in [-0.1, -0.05) is 6.92 Å². The van der Waals surface area contributed by atoms with Crippen molar-refractivity contribution in [2.24, 2.45) is 0 Å². The number of hydrogen-bond acceptors (Lipinski definition) is 6. The smallest absolute Gasteiger partial charge is 0.342 e. The predicted molar refractivity (Wildman–Crippen MR) is 71.7 cm³/mol. The number of nitrogen functional groups attached to an aromatic ring is 1. The van der Waals surface area contributed by atoms with Gasteiger partial charge in [0, 0.05) is 11.8 Å². The summed E-state index contributed by atoms with van der Waals surface area (Å²) >= 11 is 1.33. The number of nitrogens with zero attached hydrogens (tertiary/aromatic N) is 4. The number of carboxylic acid groups (broad SMARTS) is 1. The van der Waals surface area contributed by atoms with E-state index in [1.54, 1.807) is 6.07 Å². The lowest BCUT2D eigenvalue weighted by Crippen LogP contribution is -2.07. The molecule has 0 aliphatic carbocycles. The zero-order valence-corrected chi connectivity index (χ0v) is 11.3. The largest absolute Gasteiger partial charge is 0.477 e. The fraction of sp³-hybridized carbons (Fsp3) is 0.273. The van der Waals surface area contributed by atoms with Crippen molar-refractivity contribution in [3.63, 3.8) is 0 Å². The lowest BCUT2D eigenvalue weighted by Gasteiger charge is -2.02. The highest BCUT2D eigenvalue weighted by atomic mass is 32.2. The van der Waals surface area contributed by atoms with E-state index in [0.717, 1.165) is 5.69 Å². The van der Waals surface area contributed by atoms with Crippen molar-refractivity contribution in [2.75, 3.05) is 11.5 Å². The van der Waals surface area contributed by atoms with Crippen LogP contribution >= 0.6 is 11.8 Å². The Labute approximate surface area is 113 Å². The van der Waals surface area contributed by atoms with Crippen LogP contribution in [0.4, 0.5) is 5.82 Å². The molecule has 0 radical (unpaired) electrons. The van der Waals surface area contributed by atoms with E-state index in [0.29, 0.717) is 16.6 Å². The highest BCUT2D eigenvalue weighted by Crippen LogP contribution is 2.27. The number of aromatic carboxylic acids is 1. The molecule has 19 heavy (non-hydrogen) atoms. The van der Waals surface area contributed by atoms with E-state index in [2.05, 4.69) is 15.1 Å². The van der Waals surface area contributed by atoms with Crippen LogP contribution in [0, 0.1) is 6.92 Å². The molecular weight excluding hydrogens is 266 g/mol. The first-order valence-corrected chi connectivity index (χ1v) is 6.56. The summed E-state index contributed by atoms with van der Waals surface area (Å²) in [5.41, 5.74) is 6.63. The molecule has 2 aromatic rings. The van der Waals surface area contributed by atoms with Crippen molar-refractivity contribution in [3.8, 4) is 5.82 Å². The molecule has 3 N–H and O–H groups in total. The second-order valence-electron chi connectivity index (χ2n) is 3.73. The van der Waals surface area contributed by atoms with Gasteiger partial charge in [-0.05, 0) is 12.7 Å². The SMILES string of the molecule is CCSc1nn(-c2cc(C)ncn2)c(N)c1C(=O)O. The van der Waals surface area contributed by atoms with Crippen LogP contribution in [0.15, 0.2) is 17.4 Å². The van der Waals surface area contributed by atoms with Gasteiger partial charge in [0.15, 0.2) is 5.82 Å². The number of aromatic nitrogens is 4. The van der Waals surface area contributed by atoms with Gasteiger partial charge in [0.2, 0.25) is 0 Å². The second kappa shape index (κ2) is 5.27. The first kappa shape index (κ1) is 13.3. The van der Waals surface area contributed by atoms with E-state index in [1.165, 1.54) is 22.8 Å². The molecule has 2 heterocycles. The minimum absolute atomic E-state index is 0.0168. The summed E-state index contributed by atoms with van der Waals surface area (Å²) in [6.07, 6.45) is 1.39. The quantitative estimate of drug-likeness (QED) is 0.814. The number of anilines is 1. The van der Waals surface area contributed by atoms with Gasteiger partial charge in [-0.3, -0.25) is 0 Å². The Morgan fingerprint density at radius 1 is 1.53 bits per heavy atom. The molecule has 0 spiro atoms. The summed E-state index contributed by atoms with van der Waals surface area (Å²) in [6, 6.07) is 1.69. The van der Waals surface area contributed by atoms with Crippen molar-refractivity contribution >= 4 is 23.5 Å². The Morgan fingerprint density at radius 2 is 2.26 bits per heavy atom. The first-order chi connectivity index (χ1) is 9.04. The molecule has 2 aromatic heterocycles. The molecule has 0 fully saturated rings. The van der Waals surface area contributed by atoms with E-state index in [4.69, 9.17) is 5.73 Å². The van der Waals surface area contributed by atoms with Crippen LogP contribution in [0.2, 0.25) is 0 Å². The lowest BCUT2D eigenvalue weighted by atomic mass is 10.3. The van der Waals surface area contributed by atoms with E-state index >= 15 is 0 Å². The standard InChI is InChI=1S/C11H13N5O2S/c1-3-19-10-8(11(17)18)9(12)16(15-10)7-4-6(2)13-5-14-7/h4-5H,3,12H2,1-2H3,(H,17,18). The van der Waals surface area contributed by atoms with Crippen molar-refractivity contribution in [1.82, 2.24) is 19.7 Å². The molecule has 0 bridgehead atoms. The van der Waals surface area contributed by atoms with E-state index in [-0.39, 0.29) is 11.4 Å². The average molecular weight is 279 g/mol. The second-order valence-corrected chi connectivity index (χ2v) is 4.99. The monoisotopic (exact) mass is 279 g/mol. The lowest BCUT2D eigenvalue weighted by molar-refractivity contribution is 0.0694. The van der Waals surface area contributed by atoms with Crippen molar-refractivity contribution in [1.29, 1.82) is 0 Å². The van der Waals surface area contributed by atoms with E-state index < -0.39 is 5.97 Å². The Hall–Kier alpha value is -2.09. The Morgan fingerprint density at radius 3 is 2.84 bits per heavy atom. The van der Waals surface area contributed by atoms with Crippen molar-refractivity contribution in [3.05, 3.63) is 23.7 Å². The normalized spacial score (nSPS) is 10.6. The van der Waals surface area contributed by atoms with Crippen molar-refractivity contribution in [2.45, 2.75) is 18.9 Å². The summed E-state index contributed by atoms with van der Waals surface area (Å²) in [5, 5.41) is 13.8.